The van der Waals surface area contributed by atoms with E-state index in [1.165, 1.54) is 17.4 Å². The number of nitrogens with one attached hydrogen (secondary N) is 1. The van der Waals surface area contributed by atoms with E-state index in [1.807, 2.05) is 13.8 Å². The number of amides is 1. The maximum absolute atomic E-state index is 13.5. The van der Waals surface area contributed by atoms with Crippen molar-refractivity contribution >= 4 is 29.0 Å². The Balaban J connectivity index is 1.44. The van der Waals surface area contributed by atoms with Crippen molar-refractivity contribution in [3.63, 3.8) is 0 Å². The molecule has 0 fully saturated rings. The predicted octanol–water partition coefficient (Wildman–Crippen LogP) is 5.55. The van der Waals surface area contributed by atoms with Gasteiger partial charge in [-0.3, -0.25) is 14.5 Å². The summed E-state index contributed by atoms with van der Waals surface area (Å²) in [6.07, 6.45) is -0.140. The number of carbonyl (C=O) groups is 1. The largest absolute Gasteiger partial charge is 0.433 e. The minimum atomic E-state index is -4.56. The minimum absolute atomic E-state index is 0.238. The fourth-order valence-electron chi connectivity index (χ4n) is 4.46. The van der Waals surface area contributed by atoms with Gasteiger partial charge in [-0.25, -0.2) is 9.97 Å². The zero-order valence-electron chi connectivity index (χ0n) is 19.8. The van der Waals surface area contributed by atoms with Crippen LogP contribution in [0, 0.1) is 0 Å². The topological polar surface area (TPSA) is 88.8 Å². The summed E-state index contributed by atoms with van der Waals surface area (Å²) in [6, 6.07) is 7.28. The van der Waals surface area contributed by atoms with Crippen molar-refractivity contribution in [1.29, 1.82) is 0 Å². The van der Waals surface area contributed by atoms with E-state index in [0.29, 0.717) is 22.8 Å². The highest BCUT2D eigenvalue weighted by molar-refractivity contribution is 7.16. The van der Waals surface area contributed by atoms with Crippen LogP contribution in [0.4, 0.5) is 24.9 Å². The summed E-state index contributed by atoms with van der Waals surface area (Å²) in [5, 5.41) is 7.23. The third-order valence-electron chi connectivity index (χ3n) is 6.25. The smallest absolute Gasteiger partial charge is 0.322 e. The predicted molar refractivity (Wildman–Crippen MR) is 129 cm³/mol. The first-order valence-electron chi connectivity index (χ1n) is 11.1. The molecule has 1 unspecified atom stereocenters. The lowest BCUT2D eigenvalue weighted by atomic mass is 9.99. The second-order valence-corrected chi connectivity index (χ2v) is 10.0. The maximum atomic E-state index is 13.5. The first-order chi connectivity index (χ1) is 17.0. The second-order valence-electron chi connectivity index (χ2n) is 8.97. The van der Waals surface area contributed by atoms with Gasteiger partial charge < -0.3 is 10.2 Å². The van der Waals surface area contributed by atoms with Crippen LogP contribution in [0.5, 0.6) is 0 Å². The molecule has 0 spiro atoms. The van der Waals surface area contributed by atoms with Crippen molar-refractivity contribution < 1.29 is 18.0 Å². The van der Waals surface area contributed by atoms with E-state index in [-0.39, 0.29) is 5.91 Å². The lowest BCUT2D eigenvalue weighted by molar-refractivity contribution is -0.141. The number of aryl methyl sites for hydroxylation is 1. The van der Waals surface area contributed by atoms with E-state index in [4.69, 9.17) is 0 Å². The van der Waals surface area contributed by atoms with Crippen LogP contribution in [0.15, 0.2) is 48.9 Å². The zero-order chi connectivity index (χ0) is 25.8. The van der Waals surface area contributed by atoms with Gasteiger partial charge in [-0.1, -0.05) is 0 Å². The number of hydrogen-bond acceptors (Lipinski definition) is 7. The van der Waals surface area contributed by atoms with Crippen LogP contribution in [0.3, 0.4) is 0 Å². The van der Waals surface area contributed by atoms with Crippen LogP contribution in [-0.4, -0.2) is 35.5 Å². The highest BCUT2D eigenvalue weighted by Gasteiger charge is 2.47. The van der Waals surface area contributed by atoms with Crippen molar-refractivity contribution in [3.8, 4) is 10.6 Å². The molecule has 5 rings (SSSR count). The molecule has 5 heterocycles. The van der Waals surface area contributed by atoms with Crippen LogP contribution >= 0.6 is 11.3 Å². The molecule has 1 aliphatic rings. The highest BCUT2D eigenvalue weighted by Crippen LogP contribution is 2.49. The molecular weight excluding hydrogens is 491 g/mol. The number of aromatic nitrogens is 5. The first-order valence-corrected chi connectivity index (χ1v) is 11.9. The lowest BCUT2D eigenvalue weighted by Crippen LogP contribution is -2.41. The van der Waals surface area contributed by atoms with Gasteiger partial charge >= 0.3 is 6.18 Å². The number of alkyl halides is 3. The van der Waals surface area contributed by atoms with Gasteiger partial charge in [0.2, 0.25) is 5.95 Å². The Labute approximate surface area is 208 Å². The Morgan fingerprint density at radius 3 is 2.50 bits per heavy atom. The Bertz CT molecular complexity index is 1460. The third-order valence-corrected chi connectivity index (χ3v) is 7.72. The van der Waals surface area contributed by atoms with Crippen molar-refractivity contribution in [2.24, 2.45) is 7.05 Å². The van der Waals surface area contributed by atoms with Crippen LogP contribution in [0.2, 0.25) is 0 Å². The molecule has 0 saturated heterocycles. The van der Waals surface area contributed by atoms with Crippen LogP contribution in [-0.2, 0) is 18.8 Å². The molecule has 186 valence electrons. The summed E-state index contributed by atoms with van der Waals surface area (Å²) >= 11 is 1.44. The number of thiophene rings is 1. The van der Waals surface area contributed by atoms with E-state index >= 15 is 0 Å². The molecule has 0 aromatic carbocycles. The van der Waals surface area contributed by atoms with Crippen LogP contribution < -0.4 is 5.32 Å². The Morgan fingerprint density at radius 2 is 1.83 bits per heavy atom. The Kier molecular flexibility index (Phi) is 5.58. The second kappa shape index (κ2) is 8.40. The molecule has 36 heavy (non-hydrogen) atoms. The molecule has 4 aromatic heterocycles. The lowest BCUT2D eigenvalue weighted by Gasteiger charge is -2.37. The fraction of sp³-hybridized carbons (Fsp3) is 0.292. The van der Waals surface area contributed by atoms with Gasteiger partial charge in [-0.15, -0.1) is 11.3 Å². The summed E-state index contributed by atoms with van der Waals surface area (Å²) in [5.74, 6) is 0.882. The summed E-state index contributed by atoms with van der Waals surface area (Å²) in [7, 11) is 1.80. The quantitative estimate of drug-likeness (QED) is 0.377. The van der Waals surface area contributed by atoms with Gasteiger partial charge in [-0.05, 0) is 50.6 Å². The number of fused-ring (bicyclic) bond motifs is 1. The molecular formula is C24H22F3N7OS. The van der Waals surface area contributed by atoms with Crippen LogP contribution in [0.25, 0.3) is 10.6 Å². The van der Waals surface area contributed by atoms with E-state index in [2.05, 4.69) is 25.4 Å². The summed E-state index contributed by atoms with van der Waals surface area (Å²) in [6.45, 7) is 5.52. The van der Waals surface area contributed by atoms with Gasteiger partial charge in [0, 0.05) is 30.4 Å². The fourth-order valence-corrected chi connectivity index (χ4v) is 5.68. The van der Waals surface area contributed by atoms with Gasteiger partial charge in [0.15, 0.2) is 0 Å². The minimum Gasteiger partial charge on any atom is -0.322 e. The van der Waals surface area contributed by atoms with Crippen molar-refractivity contribution in [2.45, 2.75) is 38.5 Å². The number of nitrogens with zero attached hydrogens (tertiary/aromatic N) is 6. The summed E-state index contributed by atoms with van der Waals surface area (Å²) in [4.78, 5) is 29.1. The molecule has 1 aliphatic heterocycles. The number of carbonyl (C=O) groups excluding carboxylic acids is 1. The molecule has 0 saturated carbocycles. The molecule has 1 N–H and O–H groups in total. The summed E-state index contributed by atoms with van der Waals surface area (Å²) < 4.78 is 41.3. The first kappa shape index (κ1) is 23.9. The van der Waals surface area contributed by atoms with Crippen molar-refractivity contribution in [2.75, 3.05) is 5.32 Å². The highest BCUT2D eigenvalue weighted by atomic mass is 32.1. The zero-order valence-corrected chi connectivity index (χ0v) is 20.6. The standard InChI is InChI=1S/C24H22F3N7OS/c1-13(14-5-8-28-18(11-14)24(25,26)27)34-21(35)15-12-17(36-20(15)23(34,2)3)16-6-9-29-22(31-16)32-19-7-10-30-33(19)4/h5-13H,1-4H3,(H,29,31,32). The number of halogens is 3. The number of anilines is 2. The average molecular weight is 514 g/mol. The Hall–Kier alpha value is -3.80. The SMILES string of the molecule is CC(c1ccnc(C(F)(F)F)c1)N1C(=O)c2cc(-c3ccnc(Nc4ccnn4C)n3)sc2C1(C)C. The molecule has 0 radical (unpaired) electrons. The van der Waals surface area contributed by atoms with Gasteiger partial charge in [0.05, 0.1) is 33.9 Å². The molecule has 8 nitrogen and oxygen atoms in total. The third kappa shape index (κ3) is 4.00. The van der Waals surface area contributed by atoms with Crippen molar-refractivity contribution in [1.82, 2.24) is 29.6 Å². The van der Waals surface area contributed by atoms with E-state index < -0.39 is 23.5 Å². The molecule has 12 heteroatoms. The van der Waals surface area contributed by atoms with E-state index in [1.54, 1.807) is 54.1 Å². The van der Waals surface area contributed by atoms with Gasteiger partial charge in [0.25, 0.3) is 5.91 Å². The molecule has 1 atom stereocenters. The summed E-state index contributed by atoms with van der Waals surface area (Å²) in [5.41, 5.74) is -0.166. The van der Waals surface area contributed by atoms with E-state index in [9.17, 15) is 18.0 Å². The van der Waals surface area contributed by atoms with E-state index in [0.717, 1.165) is 27.8 Å². The number of hydrogen-bond donors (Lipinski definition) is 1. The maximum Gasteiger partial charge on any atom is 0.433 e. The molecule has 0 aliphatic carbocycles. The number of pyridine rings is 1. The molecule has 1 amide bonds. The molecule has 4 aromatic rings. The van der Waals surface area contributed by atoms with Crippen molar-refractivity contribution in [3.05, 3.63) is 70.6 Å². The van der Waals surface area contributed by atoms with Crippen LogP contribution in [0.1, 0.15) is 53.3 Å². The van der Waals surface area contributed by atoms with Gasteiger partial charge in [-0.2, -0.15) is 18.3 Å². The Morgan fingerprint density at radius 1 is 1.08 bits per heavy atom. The normalized spacial score (nSPS) is 15.8. The monoisotopic (exact) mass is 513 g/mol. The number of rotatable bonds is 5. The van der Waals surface area contributed by atoms with Gasteiger partial charge in [0.1, 0.15) is 11.5 Å². The average Bonchev–Trinajstić information content (AvgIpc) is 3.50. The molecule has 0 bridgehead atoms.